The van der Waals surface area contributed by atoms with Crippen LogP contribution in [0.1, 0.15) is 24.1 Å². The highest BCUT2D eigenvalue weighted by molar-refractivity contribution is 6.29. The highest BCUT2D eigenvalue weighted by Crippen LogP contribution is 2.36. The lowest BCUT2D eigenvalue weighted by atomic mass is 9.89. The Kier molecular flexibility index (Phi) is 4.81. The second-order valence-electron chi connectivity index (χ2n) is 7.78. The van der Waals surface area contributed by atoms with Crippen molar-refractivity contribution < 1.29 is 5.11 Å². The predicted molar refractivity (Wildman–Crippen MR) is 119 cm³/mol. The van der Waals surface area contributed by atoms with Crippen LogP contribution < -0.4 is 5.32 Å². The van der Waals surface area contributed by atoms with Crippen LogP contribution in [0, 0.1) is 18.3 Å². The van der Waals surface area contributed by atoms with Crippen molar-refractivity contribution in [3.05, 3.63) is 65.1 Å². The molecule has 0 radical (unpaired) electrons. The summed E-state index contributed by atoms with van der Waals surface area (Å²) in [7, 11) is 0. The maximum Gasteiger partial charge on any atom is 0.165 e. The average Bonchev–Trinajstić information content (AvgIpc) is 3.11. The summed E-state index contributed by atoms with van der Waals surface area (Å²) in [6.45, 7) is 1.89. The summed E-state index contributed by atoms with van der Waals surface area (Å²) in [6.07, 6.45) is 3.04. The van der Waals surface area contributed by atoms with Crippen LogP contribution in [0.2, 0.25) is 5.15 Å². The number of pyridine rings is 1. The van der Waals surface area contributed by atoms with Gasteiger partial charge in [0.05, 0.1) is 23.3 Å². The van der Waals surface area contributed by atoms with Gasteiger partial charge in [-0.05, 0) is 55.7 Å². The van der Waals surface area contributed by atoms with Crippen molar-refractivity contribution in [1.82, 2.24) is 19.6 Å². The maximum atomic E-state index is 9.57. The van der Waals surface area contributed by atoms with Crippen molar-refractivity contribution in [2.45, 2.75) is 31.9 Å². The fourth-order valence-electron chi connectivity index (χ4n) is 3.90. The van der Waals surface area contributed by atoms with E-state index in [0.29, 0.717) is 34.9 Å². The fourth-order valence-corrected chi connectivity index (χ4v) is 4.15. The summed E-state index contributed by atoms with van der Waals surface area (Å²) < 4.78 is 1.73. The van der Waals surface area contributed by atoms with Crippen molar-refractivity contribution in [1.29, 1.82) is 5.26 Å². The molecule has 8 heteroatoms. The van der Waals surface area contributed by atoms with Gasteiger partial charge >= 0.3 is 0 Å². The molecule has 154 valence electrons. The van der Waals surface area contributed by atoms with Gasteiger partial charge < -0.3 is 10.4 Å². The lowest BCUT2D eigenvalue weighted by Crippen LogP contribution is -2.39. The number of hydrogen-bond donors (Lipinski definition) is 2. The molecule has 31 heavy (non-hydrogen) atoms. The number of anilines is 1. The number of hydrogen-bond acceptors (Lipinski definition) is 6. The van der Waals surface area contributed by atoms with E-state index < -0.39 is 0 Å². The Morgan fingerprint density at radius 1 is 1.16 bits per heavy atom. The minimum atomic E-state index is -0.243. The van der Waals surface area contributed by atoms with E-state index in [1.165, 1.54) is 0 Å². The molecule has 4 aromatic rings. The molecule has 0 saturated heterocycles. The number of fused-ring (bicyclic) bond motifs is 1. The normalized spacial score (nSPS) is 17.9. The number of nitrogens with one attached hydrogen (secondary N) is 1. The van der Waals surface area contributed by atoms with Crippen LogP contribution in [-0.4, -0.2) is 36.8 Å². The van der Waals surface area contributed by atoms with Gasteiger partial charge in [0.1, 0.15) is 16.7 Å². The maximum absolute atomic E-state index is 9.57. The van der Waals surface area contributed by atoms with E-state index in [0.717, 1.165) is 28.2 Å². The van der Waals surface area contributed by atoms with Gasteiger partial charge in [-0.25, -0.2) is 14.5 Å². The molecule has 0 bridgehead atoms. The molecular formula is C23H19ClN6O. The number of aliphatic hydroxyl groups is 1. The van der Waals surface area contributed by atoms with Crippen LogP contribution >= 0.6 is 11.6 Å². The third-order valence-corrected chi connectivity index (χ3v) is 5.62. The summed E-state index contributed by atoms with van der Waals surface area (Å²) >= 11 is 6.27. The first-order valence-corrected chi connectivity index (χ1v) is 10.4. The Morgan fingerprint density at radius 2 is 2.00 bits per heavy atom. The number of nitriles is 1. The molecule has 7 nitrogen and oxygen atoms in total. The Balaban J connectivity index is 1.70. The van der Waals surface area contributed by atoms with Crippen molar-refractivity contribution >= 4 is 23.1 Å². The first-order chi connectivity index (χ1) is 15.0. The van der Waals surface area contributed by atoms with E-state index in [1.807, 2.05) is 43.5 Å². The molecule has 1 aliphatic rings. The summed E-state index contributed by atoms with van der Waals surface area (Å²) in [5.74, 6) is 0.722. The molecule has 0 aliphatic heterocycles. The van der Waals surface area contributed by atoms with Crippen molar-refractivity contribution in [3.63, 3.8) is 0 Å². The molecule has 1 aliphatic carbocycles. The molecule has 3 heterocycles. The lowest BCUT2D eigenvalue weighted by molar-refractivity contribution is 0.0835. The number of aryl methyl sites for hydroxylation is 1. The van der Waals surface area contributed by atoms with Crippen LogP contribution in [0.5, 0.6) is 0 Å². The molecule has 0 atom stereocenters. The van der Waals surface area contributed by atoms with E-state index in [4.69, 9.17) is 21.7 Å². The standard InChI is InChI=1S/C23H19ClN6O/c1-13-7-16(9-19(24)26-13)21-22(15-4-2-3-14(8-15)12-25)29-30-6-5-20(28-23(21)30)27-17-10-18(31)11-17/h2-9,17-18,31H,10-11H2,1H3,(H,27,28)/t17-,18+. The quantitative estimate of drug-likeness (QED) is 0.470. The Morgan fingerprint density at radius 3 is 2.74 bits per heavy atom. The predicted octanol–water partition coefficient (Wildman–Crippen LogP) is 4.23. The molecule has 2 N–H and O–H groups in total. The summed E-state index contributed by atoms with van der Waals surface area (Å²) in [5.41, 5.74) is 5.22. The van der Waals surface area contributed by atoms with Gasteiger partial charge in [0.25, 0.3) is 0 Å². The van der Waals surface area contributed by atoms with E-state index in [1.54, 1.807) is 16.6 Å². The smallest absolute Gasteiger partial charge is 0.165 e. The first kappa shape index (κ1) is 19.5. The van der Waals surface area contributed by atoms with Gasteiger partial charge in [0.15, 0.2) is 5.65 Å². The molecule has 5 rings (SSSR count). The monoisotopic (exact) mass is 430 g/mol. The van der Waals surface area contributed by atoms with Crippen molar-refractivity contribution in [2.24, 2.45) is 0 Å². The van der Waals surface area contributed by atoms with Gasteiger partial charge in [-0.15, -0.1) is 0 Å². The van der Waals surface area contributed by atoms with E-state index in [2.05, 4.69) is 16.4 Å². The van der Waals surface area contributed by atoms with Crippen LogP contribution in [-0.2, 0) is 0 Å². The first-order valence-electron chi connectivity index (χ1n) is 9.99. The van der Waals surface area contributed by atoms with E-state index in [9.17, 15) is 10.4 Å². The number of benzene rings is 1. The Hall–Kier alpha value is -3.47. The van der Waals surface area contributed by atoms with Crippen LogP contribution in [0.4, 0.5) is 5.82 Å². The number of rotatable bonds is 4. The van der Waals surface area contributed by atoms with Gasteiger partial charge in [-0.1, -0.05) is 23.7 Å². The van der Waals surface area contributed by atoms with E-state index in [-0.39, 0.29) is 12.1 Å². The molecule has 1 saturated carbocycles. The molecular weight excluding hydrogens is 412 g/mol. The third kappa shape index (κ3) is 3.72. The van der Waals surface area contributed by atoms with Crippen LogP contribution in [0.25, 0.3) is 28.0 Å². The SMILES string of the molecule is Cc1cc(-c2c(-c3cccc(C#N)c3)nn3ccc(N[C@H]4C[C@@H](O)C4)nc23)cc(Cl)n1. The molecule has 1 fully saturated rings. The van der Waals surface area contributed by atoms with Crippen molar-refractivity contribution in [3.8, 4) is 28.5 Å². The lowest BCUT2D eigenvalue weighted by Gasteiger charge is -2.32. The topological polar surface area (TPSA) is 99.1 Å². The second kappa shape index (κ2) is 7.65. The fraction of sp³-hybridized carbons (Fsp3) is 0.217. The number of nitrogens with zero attached hydrogens (tertiary/aromatic N) is 5. The average molecular weight is 431 g/mol. The number of halogens is 1. The summed E-state index contributed by atoms with van der Waals surface area (Å²) in [4.78, 5) is 9.10. The molecule has 0 spiro atoms. The van der Waals surface area contributed by atoms with Crippen LogP contribution in [0.3, 0.4) is 0 Å². The minimum Gasteiger partial charge on any atom is -0.393 e. The summed E-state index contributed by atoms with van der Waals surface area (Å²) in [5, 5.41) is 27.4. The zero-order valence-corrected chi connectivity index (χ0v) is 17.5. The highest BCUT2D eigenvalue weighted by atomic mass is 35.5. The second-order valence-corrected chi connectivity index (χ2v) is 8.17. The zero-order chi connectivity index (χ0) is 21.5. The minimum absolute atomic E-state index is 0.209. The molecule has 0 unspecified atom stereocenters. The Bertz CT molecular complexity index is 1320. The summed E-state index contributed by atoms with van der Waals surface area (Å²) in [6, 6.07) is 15.4. The third-order valence-electron chi connectivity index (χ3n) is 5.43. The highest BCUT2D eigenvalue weighted by Gasteiger charge is 2.27. The van der Waals surface area contributed by atoms with Gasteiger partial charge in [-0.2, -0.15) is 10.4 Å². The van der Waals surface area contributed by atoms with Crippen LogP contribution in [0.15, 0.2) is 48.7 Å². The number of aromatic nitrogens is 4. The molecule has 1 aromatic carbocycles. The van der Waals surface area contributed by atoms with E-state index >= 15 is 0 Å². The van der Waals surface area contributed by atoms with Gasteiger partial charge in [0, 0.05) is 23.5 Å². The zero-order valence-electron chi connectivity index (χ0n) is 16.7. The van der Waals surface area contributed by atoms with Crippen molar-refractivity contribution in [2.75, 3.05) is 5.32 Å². The Labute approximate surface area is 184 Å². The molecule has 0 amide bonds. The van der Waals surface area contributed by atoms with Gasteiger partial charge in [-0.3, -0.25) is 0 Å². The largest absolute Gasteiger partial charge is 0.393 e. The molecule has 3 aromatic heterocycles. The number of aliphatic hydroxyl groups excluding tert-OH is 1. The van der Waals surface area contributed by atoms with Gasteiger partial charge in [0.2, 0.25) is 0 Å².